The molecule has 0 spiro atoms. The van der Waals surface area contributed by atoms with Crippen LogP contribution in [0.4, 0.5) is 0 Å². The van der Waals surface area contributed by atoms with Crippen molar-refractivity contribution in [3.63, 3.8) is 0 Å². The average molecular weight is 134 g/mol. The molecule has 1 aliphatic rings. The van der Waals surface area contributed by atoms with Crippen LogP contribution in [0.1, 0.15) is 20.3 Å². The zero-order valence-corrected chi connectivity index (χ0v) is 5.90. The van der Waals surface area contributed by atoms with Gasteiger partial charge in [0.1, 0.15) is 0 Å². The molecule has 0 aliphatic carbocycles. The Morgan fingerprint density at radius 3 is 1.62 bits per heavy atom. The Balaban J connectivity index is 2.83. The molecule has 1 heterocycles. The number of hydrogen-bond acceptors (Lipinski definition) is 2. The van der Waals surface area contributed by atoms with E-state index in [0.29, 0.717) is 0 Å². The molecule has 1 fully saturated rings. The zero-order valence-electron chi connectivity index (χ0n) is 5.09. The zero-order chi connectivity index (χ0) is 6.36. The molecular formula is C5H10O2S. The van der Waals surface area contributed by atoms with Gasteiger partial charge in [0.15, 0.2) is 9.84 Å². The lowest BCUT2D eigenvalue weighted by Gasteiger charge is -2.29. The summed E-state index contributed by atoms with van der Waals surface area (Å²) in [6.07, 6.45) is 0.850. The van der Waals surface area contributed by atoms with Crippen molar-refractivity contribution < 1.29 is 8.42 Å². The summed E-state index contributed by atoms with van der Waals surface area (Å²) in [7, 11) is -2.64. The van der Waals surface area contributed by atoms with Crippen molar-refractivity contribution in [2.75, 3.05) is 0 Å². The lowest BCUT2D eigenvalue weighted by Crippen LogP contribution is -2.41. The van der Waals surface area contributed by atoms with Gasteiger partial charge < -0.3 is 0 Å². The molecule has 0 aromatic rings. The van der Waals surface area contributed by atoms with Crippen LogP contribution in [0.15, 0.2) is 0 Å². The SMILES string of the molecule is CC1C[C@@H](C)S1(=O)=O. The highest BCUT2D eigenvalue weighted by Gasteiger charge is 2.39. The first-order chi connectivity index (χ1) is 3.55. The van der Waals surface area contributed by atoms with Crippen molar-refractivity contribution in [1.29, 1.82) is 0 Å². The molecule has 0 aromatic carbocycles. The molecule has 0 aromatic heterocycles. The Kier molecular flexibility index (Phi) is 1.11. The van der Waals surface area contributed by atoms with Crippen LogP contribution >= 0.6 is 0 Å². The maximum atomic E-state index is 10.7. The molecule has 0 bridgehead atoms. The highest BCUT2D eigenvalue weighted by atomic mass is 32.2. The first kappa shape index (κ1) is 6.08. The Bertz CT molecular complexity index is 167. The molecule has 2 atom stereocenters. The lowest BCUT2D eigenvalue weighted by atomic mass is 10.2. The molecule has 0 N–H and O–H groups in total. The van der Waals surface area contributed by atoms with Crippen molar-refractivity contribution >= 4 is 9.84 Å². The first-order valence-electron chi connectivity index (χ1n) is 2.78. The molecule has 3 heteroatoms. The molecule has 1 aliphatic heterocycles. The third-order valence-corrected chi connectivity index (χ3v) is 4.41. The van der Waals surface area contributed by atoms with Crippen molar-refractivity contribution in [1.82, 2.24) is 0 Å². The second kappa shape index (κ2) is 1.47. The van der Waals surface area contributed by atoms with Gasteiger partial charge >= 0.3 is 0 Å². The Labute approximate surface area is 49.8 Å². The standard InChI is InChI=1S/C5H10O2S/c1-4-3-5(2)8(4,6)7/h4-5H,3H2,1-2H3/t4-,5?/m1/s1. The molecule has 48 valence electrons. The summed E-state index contributed by atoms with van der Waals surface area (Å²) < 4.78 is 21.5. The van der Waals surface area contributed by atoms with Crippen LogP contribution in [0.25, 0.3) is 0 Å². The highest BCUT2D eigenvalue weighted by Crippen LogP contribution is 2.27. The minimum atomic E-state index is -2.64. The minimum absolute atomic E-state index is 0.0718. The summed E-state index contributed by atoms with van der Waals surface area (Å²) in [4.78, 5) is 0. The van der Waals surface area contributed by atoms with Gasteiger partial charge in [-0.15, -0.1) is 0 Å². The second-order valence-electron chi connectivity index (χ2n) is 2.45. The largest absolute Gasteiger partial charge is 0.228 e. The molecule has 0 saturated carbocycles. The smallest absolute Gasteiger partial charge is 0.155 e. The number of rotatable bonds is 0. The van der Waals surface area contributed by atoms with Crippen molar-refractivity contribution in [3.8, 4) is 0 Å². The van der Waals surface area contributed by atoms with Gasteiger partial charge in [-0.05, 0) is 20.3 Å². The van der Waals surface area contributed by atoms with Gasteiger partial charge in [-0.3, -0.25) is 0 Å². The summed E-state index contributed by atoms with van der Waals surface area (Å²) in [5.74, 6) is 0. The number of sulfone groups is 1. The molecule has 2 nitrogen and oxygen atoms in total. The van der Waals surface area contributed by atoms with Gasteiger partial charge in [0.25, 0.3) is 0 Å². The van der Waals surface area contributed by atoms with Crippen LogP contribution in [0, 0.1) is 0 Å². The summed E-state index contributed by atoms with van der Waals surface area (Å²) in [6, 6.07) is 0. The van der Waals surface area contributed by atoms with Crippen LogP contribution in [0.3, 0.4) is 0 Å². The maximum Gasteiger partial charge on any atom is 0.155 e. The van der Waals surface area contributed by atoms with Crippen LogP contribution in [0.2, 0.25) is 0 Å². The average Bonchev–Trinajstić information content (AvgIpc) is 1.68. The molecule has 1 unspecified atom stereocenters. The van der Waals surface area contributed by atoms with E-state index in [2.05, 4.69) is 0 Å². The molecule has 0 radical (unpaired) electrons. The fraction of sp³-hybridized carbons (Fsp3) is 1.00. The fourth-order valence-electron chi connectivity index (χ4n) is 1.01. The van der Waals surface area contributed by atoms with Gasteiger partial charge in [-0.1, -0.05) is 0 Å². The van der Waals surface area contributed by atoms with Crippen LogP contribution in [-0.2, 0) is 9.84 Å². The minimum Gasteiger partial charge on any atom is -0.228 e. The Morgan fingerprint density at radius 2 is 1.62 bits per heavy atom. The predicted molar refractivity (Wildman–Crippen MR) is 32.5 cm³/mol. The third-order valence-electron chi connectivity index (χ3n) is 1.79. The quantitative estimate of drug-likeness (QED) is 0.485. The monoisotopic (exact) mass is 134 g/mol. The van der Waals surface area contributed by atoms with Gasteiger partial charge in [-0.2, -0.15) is 0 Å². The first-order valence-corrected chi connectivity index (χ1v) is 4.39. The summed E-state index contributed by atoms with van der Waals surface area (Å²) in [6.45, 7) is 3.52. The molecule has 8 heavy (non-hydrogen) atoms. The van der Waals surface area contributed by atoms with Crippen LogP contribution in [0.5, 0.6) is 0 Å². The summed E-state index contributed by atoms with van der Waals surface area (Å²) >= 11 is 0. The Hall–Kier alpha value is -0.0500. The van der Waals surface area contributed by atoms with Crippen LogP contribution in [-0.4, -0.2) is 18.9 Å². The molecule has 1 rings (SSSR count). The molecule has 1 saturated heterocycles. The fourth-order valence-corrected chi connectivity index (χ4v) is 2.56. The van der Waals surface area contributed by atoms with Crippen molar-refractivity contribution in [3.05, 3.63) is 0 Å². The van der Waals surface area contributed by atoms with E-state index in [1.54, 1.807) is 13.8 Å². The van der Waals surface area contributed by atoms with Crippen LogP contribution < -0.4 is 0 Å². The van der Waals surface area contributed by atoms with Gasteiger partial charge in [0.2, 0.25) is 0 Å². The third kappa shape index (κ3) is 0.573. The van der Waals surface area contributed by atoms with E-state index in [-0.39, 0.29) is 10.5 Å². The normalized spacial score (nSPS) is 43.2. The van der Waals surface area contributed by atoms with Gasteiger partial charge in [0.05, 0.1) is 10.5 Å². The topological polar surface area (TPSA) is 34.1 Å². The van der Waals surface area contributed by atoms with E-state index < -0.39 is 9.84 Å². The van der Waals surface area contributed by atoms with Gasteiger partial charge in [0, 0.05) is 0 Å². The van der Waals surface area contributed by atoms with Gasteiger partial charge in [-0.25, -0.2) is 8.42 Å². The van der Waals surface area contributed by atoms with E-state index in [9.17, 15) is 8.42 Å². The second-order valence-corrected chi connectivity index (χ2v) is 5.23. The summed E-state index contributed by atoms with van der Waals surface area (Å²) in [5, 5.41) is -0.144. The molecule has 0 amide bonds. The van der Waals surface area contributed by atoms with Crippen molar-refractivity contribution in [2.24, 2.45) is 0 Å². The predicted octanol–water partition coefficient (Wildman–Crippen LogP) is 0.582. The van der Waals surface area contributed by atoms with E-state index in [1.807, 2.05) is 0 Å². The molecular weight excluding hydrogens is 124 g/mol. The van der Waals surface area contributed by atoms with E-state index >= 15 is 0 Å². The lowest BCUT2D eigenvalue weighted by molar-refractivity contribution is 0.525. The Morgan fingerprint density at radius 1 is 1.25 bits per heavy atom. The van der Waals surface area contributed by atoms with Crippen molar-refractivity contribution in [2.45, 2.75) is 30.8 Å². The van der Waals surface area contributed by atoms with E-state index in [1.165, 1.54) is 0 Å². The number of hydrogen-bond donors (Lipinski definition) is 0. The van der Waals surface area contributed by atoms with E-state index in [4.69, 9.17) is 0 Å². The highest BCUT2D eigenvalue weighted by molar-refractivity contribution is 7.94. The maximum absolute atomic E-state index is 10.7. The summed E-state index contributed by atoms with van der Waals surface area (Å²) in [5.41, 5.74) is 0. The van der Waals surface area contributed by atoms with E-state index in [0.717, 1.165) is 6.42 Å².